The lowest BCUT2D eigenvalue weighted by Gasteiger charge is -2.26. The van der Waals surface area contributed by atoms with Crippen molar-refractivity contribution in [2.45, 2.75) is 31.1 Å². The third kappa shape index (κ3) is 2.17. The monoisotopic (exact) mass is 203 g/mol. The largest absolute Gasteiger partial charge is 0.468 e. The molecule has 0 spiro atoms. The highest BCUT2D eigenvalue weighted by molar-refractivity contribution is 8.00. The maximum atomic E-state index is 11.6. The van der Waals surface area contributed by atoms with Crippen LogP contribution in [0.3, 0.4) is 0 Å². The molecule has 0 saturated carbocycles. The maximum absolute atomic E-state index is 11.6. The Kier molecular flexibility index (Phi) is 3.62. The van der Waals surface area contributed by atoms with E-state index in [2.05, 4.69) is 12.2 Å². The van der Waals surface area contributed by atoms with Gasteiger partial charge in [0.2, 0.25) is 0 Å². The van der Waals surface area contributed by atoms with E-state index in [9.17, 15) is 4.79 Å². The Labute approximate surface area is 83.6 Å². The summed E-state index contributed by atoms with van der Waals surface area (Å²) in [5.74, 6) is 0.709. The standard InChI is InChI=1S/C9H17NO2S/c1-4-10-9(8(11)12-3)5-7(2)13-6-9/h7,10H,4-6H2,1-3H3. The summed E-state index contributed by atoms with van der Waals surface area (Å²) in [5, 5.41) is 3.78. The summed E-state index contributed by atoms with van der Waals surface area (Å²) < 4.78 is 4.82. The number of likely N-dealkylation sites (N-methyl/N-ethyl adjacent to an activating group) is 1. The van der Waals surface area contributed by atoms with Crippen molar-refractivity contribution in [3.63, 3.8) is 0 Å². The van der Waals surface area contributed by atoms with Crippen LogP contribution < -0.4 is 5.32 Å². The highest BCUT2D eigenvalue weighted by Gasteiger charge is 2.44. The van der Waals surface area contributed by atoms with Crippen molar-refractivity contribution in [3.05, 3.63) is 0 Å². The zero-order valence-electron chi connectivity index (χ0n) is 8.42. The van der Waals surface area contributed by atoms with Crippen molar-refractivity contribution in [1.29, 1.82) is 0 Å². The fourth-order valence-corrected chi connectivity index (χ4v) is 3.07. The van der Waals surface area contributed by atoms with Gasteiger partial charge in [0.25, 0.3) is 0 Å². The van der Waals surface area contributed by atoms with Crippen molar-refractivity contribution in [1.82, 2.24) is 5.32 Å². The smallest absolute Gasteiger partial charge is 0.326 e. The maximum Gasteiger partial charge on any atom is 0.326 e. The molecule has 1 fully saturated rings. The number of esters is 1. The number of nitrogens with one attached hydrogen (secondary N) is 1. The van der Waals surface area contributed by atoms with Gasteiger partial charge in [0, 0.05) is 11.0 Å². The van der Waals surface area contributed by atoms with E-state index < -0.39 is 5.54 Å². The lowest BCUT2D eigenvalue weighted by Crippen LogP contribution is -2.53. The van der Waals surface area contributed by atoms with Gasteiger partial charge in [-0.3, -0.25) is 4.79 Å². The summed E-state index contributed by atoms with van der Waals surface area (Å²) in [6.45, 7) is 4.97. The molecule has 1 rings (SSSR count). The molecule has 0 aromatic rings. The van der Waals surface area contributed by atoms with Crippen molar-refractivity contribution in [2.75, 3.05) is 19.4 Å². The molecule has 3 nitrogen and oxygen atoms in total. The van der Waals surface area contributed by atoms with Gasteiger partial charge in [-0.1, -0.05) is 13.8 Å². The van der Waals surface area contributed by atoms with Crippen molar-refractivity contribution < 1.29 is 9.53 Å². The molecule has 1 aliphatic heterocycles. The van der Waals surface area contributed by atoms with Gasteiger partial charge in [-0.05, 0) is 13.0 Å². The zero-order chi connectivity index (χ0) is 9.90. The van der Waals surface area contributed by atoms with Crippen LogP contribution in [0.1, 0.15) is 20.3 Å². The molecule has 2 atom stereocenters. The van der Waals surface area contributed by atoms with E-state index in [-0.39, 0.29) is 5.97 Å². The Morgan fingerprint density at radius 3 is 2.85 bits per heavy atom. The molecule has 0 aromatic heterocycles. The first kappa shape index (κ1) is 10.9. The predicted octanol–water partition coefficient (Wildman–Crippen LogP) is 1.03. The summed E-state index contributed by atoms with van der Waals surface area (Å²) >= 11 is 1.82. The lowest BCUT2D eigenvalue weighted by atomic mass is 9.96. The normalized spacial score (nSPS) is 33.3. The molecule has 1 heterocycles. The average Bonchev–Trinajstić information content (AvgIpc) is 2.48. The van der Waals surface area contributed by atoms with E-state index in [1.165, 1.54) is 7.11 Å². The van der Waals surface area contributed by atoms with E-state index >= 15 is 0 Å². The minimum absolute atomic E-state index is 0.119. The molecule has 1 aliphatic rings. The Morgan fingerprint density at radius 2 is 2.46 bits per heavy atom. The number of ether oxygens (including phenoxy) is 1. The SMILES string of the molecule is CCNC1(C(=O)OC)CSC(C)C1. The number of carbonyl (C=O) groups excluding carboxylic acids is 1. The van der Waals surface area contributed by atoms with Crippen LogP contribution in [-0.2, 0) is 9.53 Å². The Hall–Kier alpha value is -0.220. The molecule has 13 heavy (non-hydrogen) atoms. The van der Waals surface area contributed by atoms with Gasteiger partial charge in [-0.2, -0.15) is 11.8 Å². The van der Waals surface area contributed by atoms with E-state index in [1.807, 2.05) is 18.7 Å². The number of hydrogen-bond acceptors (Lipinski definition) is 4. The summed E-state index contributed by atoms with van der Waals surface area (Å²) in [6, 6.07) is 0. The predicted molar refractivity (Wildman–Crippen MR) is 55.0 cm³/mol. The number of rotatable bonds is 3. The van der Waals surface area contributed by atoms with Gasteiger partial charge in [0.15, 0.2) is 0 Å². The molecule has 0 radical (unpaired) electrons. The second-order valence-corrected chi connectivity index (χ2v) is 4.86. The molecule has 0 aromatic carbocycles. The molecule has 0 bridgehead atoms. The Bertz CT molecular complexity index is 194. The highest BCUT2D eigenvalue weighted by Crippen LogP contribution is 2.35. The summed E-state index contributed by atoms with van der Waals surface area (Å²) in [5.41, 5.74) is -0.423. The van der Waals surface area contributed by atoms with Crippen LogP contribution in [0.15, 0.2) is 0 Å². The summed E-state index contributed by atoms with van der Waals surface area (Å²) in [6.07, 6.45) is 0.873. The van der Waals surface area contributed by atoms with Gasteiger partial charge in [-0.15, -0.1) is 0 Å². The molecule has 2 unspecified atom stereocenters. The third-order valence-electron chi connectivity index (χ3n) is 2.34. The molecule has 1 N–H and O–H groups in total. The van der Waals surface area contributed by atoms with Crippen LogP contribution >= 0.6 is 11.8 Å². The molecule has 76 valence electrons. The van der Waals surface area contributed by atoms with Gasteiger partial charge in [0.1, 0.15) is 5.54 Å². The second-order valence-electron chi connectivity index (χ2n) is 3.43. The van der Waals surface area contributed by atoms with E-state index in [0.717, 1.165) is 18.7 Å². The quantitative estimate of drug-likeness (QED) is 0.695. The van der Waals surface area contributed by atoms with Crippen LogP contribution in [-0.4, -0.2) is 36.2 Å². The van der Waals surface area contributed by atoms with Crippen LogP contribution in [0.5, 0.6) is 0 Å². The van der Waals surface area contributed by atoms with Gasteiger partial charge >= 0.3 is 5.97 Å². The average molecular weight is 203 g/mol. The van der Waals surface area contributed by atoms with Crippen molar-refractivity contribution in [2.24, 2.45) is 0 Å². The fraction of sp³-hybridized carbons (Fsp3) is 0.889. The third-order valence-corrected chi connectivity index (χ3v) is 3.74. The van der Waals surface area contributed by atoms with Gasteiger partial charge < -0.3 is 10.1 Å². The van der Waals surface area contributed by atoms with Crippen LogP contribution in [0.25, 0.3) is 0 Å². The van der Waals surface area contributed by atoms with Crippen LogP contribution in [0, 0.1) is 0 Å². The fourth-order valence-electron chi connectivity index (χ4n) is 1.76. The van der Waals surface area contributed by atoms with Gasteiger partial charge in [0.05, 0.1) is 7.11 Å². The van der Waals surface area contributed by atoms with E-state index in [4.69, 9.17) is 4.74 Å². The first-order valence-corrected chi connectivity index (χ1v) is 5.64. The molecule has 0 aliphatic carbocycles. The lowest BCUT2D eigenvalue weighted by molar-refractivity contribution is -0.147. The van der Waals surface area contributed by atoms with Crippen LogP contribution in [0.2, 0.25) is 0 Å². The summed E-state index contributed by atoms with van der Waals surface area (Å²) in [7, 11) is 1.45. The molecular weight excluding hydrogens is 186 g/mol. The number of thioether (sulfide) groups is 1. The van der Waals surface area contributed by atoms with Gasteiger partial charge in [-0.25, -0.2) is 0 Å². The zero-order valence-corrected chi connectivity index (χ0v) is 9.24. The first-order valence-electron chi connectivity index (χ1n) is 4.59. The van der Waals surface area contributed by atoms with Crippen LogP contribution in [0.4, 0.5) is 0 Å². The summed E-state index contributed by atoms with van der Waals surface area (Å²) in [4.78, 5) is 11.6. The number of carbonyl (C=O) groups is 1. The minimum atomic E-state index is -0.423. The molecule has 4 heteroatoms. The molecular formula is C9H17NO2S. The highest BCUT2D eigenvalue weighted by atomic mass is 32.2. The Morgan fingerprint density at radius 1 is 1.77 bits per heavy atom. The number of hydrogen-bond donors (Lipinski definition) is 1. The van der Waals surface area contributed by atoms with Crippen molar-refractivity contribution >= 4 is 17.7 Å². The minimum Gasteiger partial charge on any atom is -0.468 e. The first-order chi connectivity index (χ1) is 6.14. The topological polar surface area (TPSA) is 38.3 Å². The second kappa shape index (κ2) is 4.33. The number of methoxy groups -OCH3 is 1. The van der Waals surface area contributed by atoms with E-state index in [0.29, 0.717) is 5.25 Å². The van der Waals surface area contributed by atoms with Crippen molar-refractivity contribution in [3.8, 4) is 0 Å². The molecule has 1 saturated heterocycles. The Balaban J connectivity index is 2.70. The van der Waals surface area contributed by atoms with E-state index in [1.54, 1.807) is 0 Å². The molecule has 0 amide bonds.